The molecule has 0 N–H and O–H groups in total. The van der Waals surface area contributed by atoms with Gasteiger partial charge in [0.15, 0.2) is 5.75 Å². The maximum absolute atomic E-state index is 5.78. The summed E-state index contributed by atoms with van der Waals surface area (Å²) >= 11 is 0. The molecule has 0 saturated heterocycles. The van der Waals surface area contributed by atoms with Crippen LogP contribution in [0.25, 0.3) is 0 Å². The van der Waals surface area contributed by atoms with E-state index in [4.69, 9.17) is 9.68 Å². The minimum absolute atomic E-state index is 0.468. The minimum atomic E-state index is -0.584. The molecule has 0 bridgehead atoms. The fourth-order valence-corrected chi connectivity index (χ4v) is 3.28. The minimum Gasteiger partial charge on any atom is -0.399 e. The van der Waals surface area contributed by atoms with E-state index in [1.807, 2.05) is 121 Å². The van der Waals surface area contributed by atoms with Crippen molar-refractivity contribution in [2.75, 3.05) is 7.11 Å². The summed E-state index contributed by atoms with van der Waals surface area (Å²) in [4.78, 5) is 11.0. The van der Waals surface area contributed by atoms with Crippen molar-refractivity contribution in [2.24, 2.45) is 20.5 Å². The summed E-state index contributed by atoms with van der Waals surface area (Å²) in [5.74, 6) is 0.606. The van der Waals surface area contributed by atoms with Crippen LogP contribution >= 0.6 is 0 Å². The first-order valence-electron chi connectivity index (χ1n) is 10.8. The molecule has 34 heavy (non-hydrogen) atoms. The zero-order valence-corrected chi connectivity index (χ0v) is 18.7. The summed E-state index contributed by atoms with van der Waals surface area (Å²) < 4.78 is 0. The van der Waals surface area contributed by atoms with Crippen LogP contribution < -0.4 is 4.84 Å². The molecule has 6 heteroatoms. The monoisotopic (exact) mass is 448 g/mol. The van der Waals surface area contributed by atoms with E-state index in [0.717, 1.165) is 16.8 Å². The molecule has 0 saturated carbocycles. The van der Waals surface area contributed by atoms with Crippen LogP contribution in [0, 0.1) is 0 Å². The Morgan fingerprint density at radius 1 is 0.647 bits per heavy atom. The number of para-hydroxylation sites is 1. The van der Waals surface area contributed by atoms with Gasteiger partial charge in [0.05, 0.1) is 5.69 Å². The van der Waals surface area contributed by atoms with Crippen LogP contribution in [0.15, 0.2) is 142 Å². The third-order valence-corrected chi connectivity index (χ3v) is 4.88. The summed E-state index contributed by atoms with van der Waals surface area (Å²) in [6, 6.07) is 37.8. The largest absolute Gasteiger partial charge is 0.399 e. The maximum atomic E-state index is 5.78. The Morgan fingerprint density at radius 3 is 1.82 bits per heavy atom. The lowest BCUT2D eigenvalue weighted by molar-refractivity contribution is 0.212. The lowest BCUT2D eigenvalue weighted by Crippen LogP contribution is -2.24. The SMILES string of the molecule is CON=C(C(=NOc1ccccc1)c1ccccc1)C(N=Nc1ccccc1)c1ccccc1. The van der Waals surface area contributed by atoms with Gasteiger partial charge in [-0.15, -0.1) is 0 Å². The second kappa shape index (κ2) is 11.9. The van der Waals surface area contributed by atoms with Crippen molar-refractivity contribution < 1.29 is 9.68 Å². The number of hydrogen-bond donors (Lipinski definition) is 0. The lowest BCUT2D eigenvalue weighted by atomic mass is 9.96. The number of benzene rings is 4. The standard InChI is InChI=1S/C28H24N4O2/c1-33-31-28(26(22-14-6-2-7-15-22)30-29-24-18-10-4-11-19-24)27(23-16-8-3-9-17-23)32-34-25-20-12-5-13-21-25/h2-21,26H,1H3. The predicted molar refractivity (Wildman–Crippen MR) is 135 cm³/mol. The van der Waals surface area contributed by atoms with Gasteiger partial charge in [-0.1, -0.05) is 107 Å². The molecule has 0 spiro atoms. The van der Waals surface area contributed by atoms with Crippen LogP contribution in [-0.2, 0) is 4.84 Å². The molecule has 0 amide bonds. The van der Waals surface area contributed by atoms with Crippen LogP contribution in [0.3, 0.4) is 0 Å². The van der Waals surface area contributed by atoms with Crippen molar-refractivity contribution in [3.63, 3.8) is 0 Å². The van der Waals surface area contributed by atoms with Crippen LogP contribution in [0.5, 0.6) is 5.75 Å². The molecule has 4 rings (SSSR count). The number of azo groups is 1. The highest BCUT2D eigenvalue weighted by Gasteiger charge is 2.26. The molecule has 1 atom stereocenters. The van der Waals surface area contributed by atoms with Gasteiger partial charge >= 0.3 is 0 Å². The average molecular weight is 449 g/mol. The van der Waals surface area contributed by atoms with Gasteiger partial charge in [-0.2, -0.15) is 10.2 Å². The third-order valence-electron chi connectivity index (χ3n) is 4.88. The molecular weight excluding hydrogens is 424 g/mol. The van der Waals surface area contributed by atoms with Crippen molar-refractivity contribution in [1.29, 1.82) is 0 Å². The molecule has 0 radical (unpaired) electrons. The van der Waals surface area contributed by atoms with Crippen molar-refractivity contribution in [3.8, 4) is 5.75 Å². The summed E-state index contributed by atoms with van der Waals surface area (Å²) in [6.07, 6.45) is 0. The highest BCUT2D eigenvalue weighted by molar-refractivity contribution is 6.49. The first kappa shape index (κ1) is 22.6. The first-order chi connectivity index (χ1) is 16.8. The van der Waals surface area contributed by atoms with E-state index in [2.05, 4.69) is 20.5 Å². The fraction of sp³-hybridized carbons (Fsp3) is 0.0714. The van der Waals surface area contributed by atoms with Crippen LogP contribution in [0.1, 0.15) is 17.2 Å². The topological polar surface area (TPSA) is 67.9 Å². The van der Waals surface area contributed by atoms with Gasteiger partial charge in [0.2, 0.25) is 0 Å². The second-order valence-corrected chi connectivity index (χ2v) is 7.23. The van der Waals surface area contributed by atoms with Crippen LogP contribution in [0.2, 0.25) is 0 Å². The zero-order chi connectivity index (χ0) is 23.4. The lowest BCUT2D eigenvalue weighted by Gasteiger charge is -2.16. The highest BCUT2D eigenvalue weighted by Crippen LogP contribution is 2.25. The smallest absolute Gasteiger partial charge is 0.157 e. The number of hydrogen-bond acceptors (Lipinski definition) is 6. The molecular formula is C28H24N4O2. The Bertz CT molecular complexity index is 1240. The average Bonchev–Trinajstić information content (AvgIpc) is 2.91. The van der Waals surface area contributed by atoms with E-state index in [0.29, 0.717) is 17.2 Å². The van der Waals surface area contributed by atoms with E-state index in [9.17, 15) is 0 Å². The van der Waals surface area contributed by atoms with Crippen LogP contribution in [0.4, 0.5) is 5.69 Å². The number of oxime groups is 2. The van der Waals surface area contributed by atoms with Crippen LogP contribution in [-0.4, -0.2) is 18.5 Å². The Balaban J connectivity index is 1.81. The summed E-state index contributed by atoms with van der Waals surface area (Å²) in [5, 5.41) is 18.0. The molecule has 0 aromatic heterocycles. The Labute approximate surface area is 198 Å². The maximum Gasteiger partial charge on any atom is 0.157 e. The summed E-state index contributed by atoms with van der Waals surface area (Å²) in [5.41, 5.74) is 3.40. The molecule has 4 aromatic rings. The van der Waals surface area contributed by atoms with Crippen molar-refractivity contribution in [1.82, 2.24) is 0 Å². The summed E-state index contributed by atoms with van der Waals surface area (Å²) in [6.45, 7) is 0. The fourth-order valence-electron chi connectivity index (χ4n) is 3.28. The molecule has 0 heterocycles. The molecule has 168 valence electrons. The van der Waals surface area contributed by atoms with Gasteiger partial charge in [-0.25, -0.2) is 0 Å². The molecule has 0 aliphatic heterocycles. The molecule has 4 aromatic carbocycles. The quantitative estimate of drug-likeness (QED) is 0.157. The van der Waals surface area contributed by atoms with Crippen molar-refractivity contribution in [3.05, 3.63) is 132 Å². The van der Waals surface area contributed by atoms with Gasteiger partial charge in [0.25, 0.3) is 0 Å². The Morgan fingerprint density at radius 2 is 1.21 bits per heavy atom. The number of nitrogens with zero attached hydrogens (tertiary/aromatic N) is 4. The normalized spacial score (nSPS) is 13.0. The molecule has 0 fully saturated rings. The van der Waals surface area contributed by atoms with Gasteiger partial charge < -0.3 is 9.68 Å². The molecule has 6 nitrogen and oxygen atoms in total. The molecule has 1 unspecified atom stereocenters. The first-order valence-corrected chi connectivity index (χ1v) is 10.8. The van der Waals surface area contributed by atoms with Gasteiger partial charge in [0.1, 0.15) is 24.6 Å². The van der Waals surface area contributed by atoms with E-state index < -0.39 is 6.04 Å². The molecule has 0 aliphatic rings. The Kier molecular flexibility index (Phi) is 7.90. The Hall–Kier alpha value is -4.58. The second-order valence-electron chi connectivity index (χ2n) is 7.23. The van der Waals surface area contributed by atoms with Gasteiger partial charge in [0, 0.05) is 5.56 Å². The van der Waals surface area contributed by atoms with E-state index in [1.54, 1.807) is 0 Å². The summed E-state index contributed by atoms with van der Waals surface area (Å²) in [7, 11) is 1.50. The number of rotatable bonds is 9. The highest BCUT2D eigenvalue weighted by atomic mass is 16.6. The third kappa shape index (κ3) is 6.01. The zero-order valence-electron chi connectivity index (χ0n) is 18.7. The predicted octanol–water partition coefficient (Wildman–Crippen LogP) is 7.00. The van der Waals surface area contributed by atoms with E-state index in [1.165, 1.54) is 7.11 Å². The van der Waals surface area contributed by atoms with E-state index in [-0.39, 0.29) is 0 Å². The molecule has 0 aliphatic carbocycles. The van der Waals surface area contributed by atoms with Gasteiger partial charge in [-0.05, 0) is 29.8 Å². The van der Waals surface area contributed by atoms with E-state index >= 15 is 0 Å². The van der Waals surface area contributed by atoms with Gasteiger partial charge in [-0.3, -0.25) is 0 Å². The van der Waals surface area contributed by atoms with Crippen molar-refractivity contribution >= 4 is 17.1 Å². The van der Waals surface area contributed by atoms with Crippen molar-refractivity contribution in [2.45, 2.75) is 6.04 Å².